The van der Waals surface area contributed by atoms with E-state index in [1.807, 2.05) is 6.92 Å². The molecule has 0 aromatic heterocycles. The molecular weight excluding hydrogens is 442 g/mol. The van der Waals surface area contributed by atoms with Gasteiger partial charge in [-0.15, -0.1) is 0 Å². The molecule has 144 valence electrons. The molecule has 0 saturated heterocycles. The van der Waals surface area contributed by atoms with Crippen molar-refractivity contribution in [1.29, 1.82) is 0 Å². The van der Waals surface area contributed by atoms with Crippen molar-refractivity contribution >= 4 is 38.0 Å². The van der Waals surface area contributed by atoms with E-state index in [1.165, 1.54) is 12.1 Å². The van der Waals surface area contributed by atoms with Crippen LogP contribution in [0.15, 0.2) is 81.1 Å². The smallest absolute Gasteiger partial charge is 0.339 e. The quantitative estimate of drug-likeness (QED) is 0.371. The molecule has 3 aromatic carbocycles. The van der Waals surface area contributed by atoms with E-state index in [2.05, 4.69) is 20.9 Å². The molecule has 0 bridgehead atoms. The Kier molecular flexibility index (Phi) is 6.16. The molecule has 0 radical (unpaired) electrons. The SMILES string of the molecule is COc1ccc(N=Cc2cc(Br)ccc2OS(=O)(=O)c2ccc(C)cc2)cc1. The molecule has 0 aliphatic rings. The molecule has 5 nitrogen and oxygen atoms in total. The molecule has 7 heteroatoms. The number of nitrogens with zero attached hydrogens (tertiary/aromatic N) is 1. The van der Waals surface area contributed by atoms with E-state index in [0.29, 0.717) is 11.3 Å². The first-order chi connectivity index (χ1) is 13.4. The van der Waals surface area contributed by atoms with Crippen LogP contribution in [0.5, 0.6) is 11.5 Å². The van der Waals surface area contributed by atoms with Gasteiger partial charge in [0.2, 0.25) is 0 Å². The Morgan fingerprint density at radius 1 is 0.964 bits per heavy atom. The lowest BCUT2D eigenvalue weighted by molar-refractivity contribution is 0.415. The van der Waals surface area contributed by atoms with Crippen LogP contribution in [0.2, 0.25) is 0 Å². The summed E-state index contributed by atoms with van der Waals surface area (Å²) < 4.78 is 36.5. The second-order valence-corrected chi connectivity index (χ2v) is 8.45. The predicted molar refractivity (Wildman–Crippen MR) is 113 cm³/mol. The summed E-state index contributed by atoms with van der Waals surface area (Å²) in [5.74, 6) is 0.927. The van der Waals surface area contributed by atoms with Crippen LogP contribution in [0.3, 0.4) is 0 Å². The lowest BCUT2D eigenvalue weighted by atomic mass is 10.2. The summed E-state index contributed by atoms with van der Waals surface area (Å²) in [6.45, 7) is 1.89. The topological polar surface area (TPSA) is 65.0 Å². The third-order valence-corrected chi connectivity index (χ3v) is 5.65. The summed E-state index contributed by atoms with van der Waals surface area (Å²) in [4.78, 5) is 4.49. The largest absolute Gasteiger partial charge is 0.497 e. The molecule has 0 unspecified atom stereocenters. The lowest BCUT2D eigenvalue weighted by Crippen LogP contribution is -2.11. The molecule has 0 aliphatic heterocycles. The zero-order valence-corrected chi connectivity index (χ0v) is 17.7. The van der Waals surface area contributed by atoms with E-state index < -0.39 is 10.1 Å². The van der Waals surface area contributed by atoms with Crippen molar-refractivity contribution in [3.63, 3.8) is 0 Å². The first-order valence-corrected chi connectivity index (χ1v) is 10.6. The fourth-order valence-electron chi connectivity index (χ4n) is 2.38. The van der Waals surface area contributed by atoms with Crippen LogP contribution in [0, 0.1) is 6.92 Å². The molecule has 3 rings (SSSR count). The summed E-state index contributed by atoms with van der Waals surface area (Å²) in [5.41, 5.74) is 2.20. The van der Waals surface area contributed by atoms with Gasteiger partial charge in [0.15, 0.2) is 5.75 Å². The van der Waals surface area contributed by atoms with Crippen LogP contribution in [0.4, 0.5) is 5.69 Å². The van der Waals surface area contributed by atoms with E-state index in [-0.39, 0.29) is 10.6 Å². The van der Waals surface area contributed by atoms with Crippen molar-refractivity contribution in [2.75, 3.05) is 7.11 Å². The summed E-state index contributed by atoms with van der Waals surface area (Å²) >= 11 is 3.39. The highest BCUT2D eigenvalue weighted by Crippen LogP contribution is 2.26. The van der Waals surface area contributed by atoms with Crippen molar-refractivity contribution in [1.82, 2.24) is 0 Å². The minimum Gasteiger partial charge on any atom is -0.497 e. The molecule has 0 saturated carbocycles. The zero-order chi connectivity index (χ0) is 20.1. The summed E-state index contributed by atoms with van der Waals surface area (Å²) in [6, 6.07) is 18.7. The minimum absolute atomic E-state index is 0.0964. The summed E-state index contributed by atoms with van der Waals surface area (Å²) in [7, 11) is -2.36. The molecule has 0 fully saturated rings. The van der Waals surface area contributed by atoms with Gasteiger partial charge < -0.3 is 8.92 Å². The van der Waals surface area contributed by atoms with E-state index in [1.54, 1.807) is 67.9 Å². The van der Waals surface area contributed by atoms with Crippen molar-refractivity contribution in [2.45, 2.75) is 11.8 Å². The van der Waals surface area contributed by atoms with Gasteiger partial charge in [-0.05, 0) is 61.5 Å². The van der Waals surface area contributed by atoms with Crippen LogP contribution in [0.25, 0.3) is 0 Å². The average molecular weight is 460 g/mol. The number of rotatable bonds is 6. The van der Waals surface area contributed by atoms with E-state index in [4.69, 9.17) is 8.92 Å². The third-order valence-electron chi connectivity index (χ3n) is 3.91. The van der Waals surface area contributed by atoms with Gasteiger partial charge in [-0.2, -0.15) is 8.42 Å². The van der Waals surface area contributed by atoms with Crippen LogP contribution in [0.1, 0.15) is 11.1 Å². The maximum Gasteiger partial charge on any atom is 0.339 e. The number of ether oxygens (including phenoxy) is 1. The molecule has 0 amide bonds. The summed E-state index contributed by atoms with van der Waals surface area (Å²) in [6.07, 6.45) is 1.56. The van der Waals surface area contributed by atoms with Gasteiger partial charge in [-0.3, -0.25) is 4.99 Å². The monoisotopic (exact) mass is 459 g/mol. The molecule has 0 atom stereocenters. The van der Waals surface area contributed by atoms with Gasteiger partial charge in [-0.25, -0.2) is 0 Å². The van der Waals surface area contributed by atoms with E-state index >= 15 is 0 Å². The highest BCUT2D eigenvalue weighted by atomic mass is 79.9. The van der Waals surface area contributed by atoms with Gasteiger partial charge in [0.1, 0.15) is 10.6 Å². The Morgan fingerprint density at radius 2 is 1.64 bits per heavy atom. The number of aliphatic imine (C=N–C) groups is 1. The summed E-state index contributed by atoms with van der Waals surface area (Å²) in [5, 5.41) is 0. The van der Waals surface area contributed by atoms with Crippen molar-refractivity contribution < 1.29 is 17.3 Å². The number of aryl methyl sites for hydroxylation is 1. The van der Waals surface area contributed by atoms with Gasteiger partial charge in [0.05, 0.1) is 12.8 Å². The predicted octanol–water partition coefficient (Wildman–Crippen LogP) is 5.28. The number of benzene rings is 3. The van der Waals surface area contributed by atoms with E-state index in [0.717, 1.165) is 15.8 Å². The molecular formula is C21H18BrNO4S. The third kappa shape index (κ3) is 4.99. The second-order valence-electron chi connectivity index (χ2n) is 5.99. The Labute approximate surface area is 172 Å². The molecule has 0 N–H and O–H groups in total. The Bertz CT molecular complexity index is 1090. The Morgan fingerprint density at radius 3 is 2.29 bits per heavy atom. The van der Waals surface area contributed by atoms with Crippen LogP contribution in [-0.4, -0.2) is 21.7 Å². The standard InChI is InChI=1S/C21H18BrNO4S/c1-15-3-10-20(11-4-15)28(24,25)27-21-12-5-17(22)13-16(21)14-23-18-6-8-19(26-2)9-7-18/h3-14H,1-2H3. The Balaban J connectivity index is 1.89. The van der Waals surface area contributed by atoms with Gasteiger partial charge in [-0.1, -0.05) is 33.6 Å². The van der Waals surface area contributed by atoms with Crippen molar-refractivity contribution in [3.8, 4) is 11.5 Å². The molecule has 0 heterocycles. The molecule has 0 spiro atoms. The first kappa shape index (κ1) is 20.1. The average Bonchev–Trinajstić information content (AvgIpc) is 2.68. The van der Waals surface area contributed by atoms with Crippen LogP contribution >= 0.6 is 15.9 Å². The Hall–Kier alpha value is -2.64. The van der Waals surface area contributed by atoms with Gasteiger partial charge in [0, 0.05) is 16.3 Å². The van der Waals surface area contributed by atoms with Crippen LogP contribution in [-0.2, 0) is 10.1 Å². The number of methoxy groups -OCH3 is 1. The van der Waals surface area contributed by atoms with Crippen LogP contribution < -0.4 is 8.92 Å². The van der Waals surface area contributed by atoms with Crippen molar-refractivity contribution in [2.24, 2.45) is 4.99 Å². The van der Waals surface area contributed by atoms with Gasteiger partial charge >= 0.3 is 10.1 Å². The fourth-order valence-corrected chi connectivity index (χ4v) is 3.71. The lowest BCUT2D eigenvalue weighted by Gasteiger charge is -2.10. The normalized spacial score (nSPS) is 11.5. The fraction of sp³-hybridized carbons (Fsp3) is 0.0952. The molecule has 0 aliphatic carbocycles. The second kappa shape index (κ2) is 8.58. The zero-order valence-electron chi connectivity index (χ0n) is 15.3. The highest BCUT2D eigenvalue weighted by molar-refractivity contribution is 9.10. The van der Waals surface area contributed by atoms with E-state index in [9.17, 15) is 8.42 Å². The maximum absolute atomic E-state index is 12.6. The molecule has 3 aromatic rings. The van der Waals surface area contributed by atoms with Gasteiger partial charge in [0.25, 0.3) is 0 Å². The maximum atomic E-state index is 12.6. The first-order valence-electron chi connectivity index (χ1n) is 8.36. The number of hydrogen-bond donors (Lipinski definition) is 0. The minimum atomic E-state index is -3.95. The van der Waals surface area contributed by atoms with Crippen molar-refractivity contribution in [3.05, 3.63) is 82.3 Å². The molecule has 28 heavy (non-hydrogen) atoms. The number of halogens is 1. The number of hydrogen-bond acceptors (Lipinski definition) is 5. The highest BCUT2D eigenvalue weighted by Gasteiger charge is 2.18.